The van der Waals surface area contributed by atoms with Gasteiger partial charge in [-0.3, -0.25) is 0 Å². The third kappa shape index (κ3) is 10.6. The predicted molar refractivity (Wildman–Crippen MR) is 215 cm³/mol. The first-order valence-corrected chi connectivity index (χ1v) is 19.0. The molecule has 12 heteroatoms. The second-order valence-corrected chi connectivity index (χ2v) is 14.1. The van der Waals surface area contributed by atoms with Crippen LogP contribution in [0.3, 0.4) is 0 Å². The number of unbranched alkanes of at least 4 members (excludes halogenated alkanes) is 2. The van der Waals surface area contributed by atoms with Crippen molar-refractivity contribution in [2.75, 3.05) is 19.6 Å². The monoisotopic (exact) mass is 1110 g/mol. The second-order valence-electron chi connectivity index (χ2n) is 14.1. The Hall–Kier alpha value is -4.26. The molecule has 0 bridgehead atoms. The van der Waals surface area contributed by atoms with E-state index in [2.05, 4.69) is 126 Å². The Morgan fingerprint density at radius 3 is 1.43 bits per heavy atom. The van der Waals surface area contributed by atoms with Gasteiger partial charge < -0.3 is 40.0 Å². The molecule has 6 aromatic rings. The molecule has 2 aliphatic heterocycles. The molecule has 0 spiro atoms. The van der Waals surface area contributed by atoms with Crippen LogP contribution in [0.5, 0.6) is 0 Å². The molecule has 8 rings (SSSR count). The molecule has 0 N–H and O–H groups in total. The van der Waals surface area contributed by atoms with Crippen LogP contribution in [0.4, 0.5) is 34.4 Å². The Bertz CT molecular complexity index is 1910. The largest absolute Gasteiger partial charge is 0.579 e. The Labute approximate surface area is 361 Å². The van der Waals surface area contributed by atoms with Crippen molar-refractivity contribution in [1.82, 2.24) is 30.4 Å². The SMILES string of the molecule is Cc1cc(CCCCC(C)N2[CH-]N(c3[c-]cccc3)c3ncccc32)n[n-]1.Cc1cc(CCCCC(C)N2[CH-]N(c3[c-]cccc3)c3ncccc32)n[n-]1.[Pt].[Pt]. The minimum absolute atomic E-state index is 0. The summed E-state index contributed by atoms with van der Waals surface area (Å²) in [6, 6.07) is 35.9. The smallest absolute Gasteiger partial charge is 0.124 e. The van der Waals surface area contributed by atoms with E-state index < -0.39 is 0 Å². The molecule has 10 nitrogen and oxygen atoms in total. The van der Waals surface area contributed by atoms with Crippen LogP contribution in [0.15, 0.2) is 97.3 Å². The summed E-state index contributed by atoms with van der Waals surface area (Å²) in [5.74, 6) is 1.93. The van der Waals surface area contributed by atoms with Crippen molar-refractivity contribution in [2.45, 2.75) is 91.1 Å². The molecular formula is C44H48N10Pt2-6. The number of nitrogens with zero attached hydrogens (tertiary/aromatic N) is 10. The molecule has 0 amide bonds. The fourth-order valence-corrected chi connectivity index (χ4v) is 7.05. The molecule has 0 saturated heterocycles. The maximum Gasteiger partial charge on any atom is 0.124 e. The van der Waals surface area contributed by atoms with Crippen LogP contribution in [-0.4, -0.2) is 32.2 Å². The zero-order chi connectivity index (χ0) is 37.3. The summed E-state index contributed by atoms with van der Waals surface area (Å²) in [6.45, 7) is 12.8. The Morgan fingerprint density at radius 1 is 0.607 bits per heavy atom. The van der Waals surface area contributed by atoms with Gasteiger partial charge in [-0.05, 0) is 88.7 Å². The van der Waals surface area contributed by atoms with E-state index in [9.17, 15) is 0 Å². The average molecular weight is 1110 g/mol. The number of rotatable bonds is 14. The van der Waals surface area contributed by atoms with E-state index in [1.807, 2.05) is 74.8 Å². The minimum atomic E-state index is 0. The summed E-state index contributed by atoms with van der Waals surface area (Å²) in [6.07, 6.45) is 12.5. The van der Waals surface area contributed by atoms with Crippen molar-refractivity contribution in [2.24, 2.45) is 0 Å². The molecule has 0 radical (unpaired) electrons. The first-order chi connectivity index (χ1) is 26.4. The van der Waals surface area contributed by atoms with Crippen molar-refractivity contribution in [3.63, 3.8) is 0 Å². The molecule has 2 atom stereocenters. The van der Waals surface area contributed by atoms with Gasteiger partial charge in [-0.25, -0.2) is 9.97 Å². The van der Waals surface area contributed by atoms with Gasteiger partial charge in [-0.15, -0.1) is 36.1 Å². The van der Waals surface area contributed by atoms with E-state index in [-0.39, 0.29) is 42.1 Å². The van der Waals surface area contributed by atoms with Gasteiger partial charge in [0.15, 0.2) is 0 Å². The van der Waals surface area contributed by atoms with Gasteiger partial charge in [-0.1, -0.05) is 38.8 Å². The van der Waals surface area contributed by atoms with E-state index >= 15 is 0 Å². The molecule has 0 fully saturated rings. The average Bonchev–Trinajstić information content (AvgIpc) is 4.01. The molecule has 2 unspecified atom stereocenters. The molecule has 56 heavy (non-hydrogen) atoms. The number of fused-ring (bicyclic) bond motifs is 2. The number of hydrogen-bond acceptors (Lipinski definition) is 8. The molecule has 6 heterocycles. The van der Waals surface area contributed by atoms with Gasteiger partial charge in [-0.2, -0.15) is 60.7 Å². The van der Waals surface area contributed by atoms with Gasteiger partial charge in [0, 0.05) is 77.3 Å². The number of benzene rings is 2. The van der Waals surface area contributed by atoms with Crippen molar-refractivity contribution in [1.29, 1.82) is 0 Å². The Balaban J connectivity index is 0.000000207. The number of hydrogen-bond donors (Lipinski definition) is 0. The van der Waals surface area contributed by atoms with Crippen molar-refractivity contribution < 1.29 is 42.1 Å². The number of anilines is 6. The fraction of sp³-hybridized carbons (Fsp3) is 0.318. The first-order valence-electron chi connectivity index (χ1n) is 19.0. The molecule has 2 aliphatic rings. The summed E-state index contributed by atoms with van der Waals surface area (Å²) in [4.78, 5) is 18.1. The summed E-state index contributed by atoms with van der Waals surface area (Å²) >= 11 is 0. The number of para-hydroxylation sites is 2. The van der Waals surface area contributed by atoms with Crippen LogP contribution in [0.1, 0.15) is 75.1 Å². The van der Waals surface area contributed by atoms with Gasteiger partial charge >= 0.3 is 0 Å². The third-order valence-corrected chi connectivity index (χ3v) is 9.91. The second kappa shape index (κ2) is 20.8. The molecule has 0 saturated carbocycles. The quantitative estimate of drug-likeness (QED) is 0.0779. The normalized spacial score (nSPS) is 13.9. The zero-order valence-electron chi connectivity index (χ0n) is 32.3. The third-order valence-electron chi connectivity index (χ3n) is 9.91. The van der Waals surface area contributed by atoms with Crippen LogP contribution in [-0.2, 0) is 55.0 Å². The molecule has 4 aromatic heterocycles. The molecular weight excluding hydrogens is 1060 g/mol. The van der Waals surface area contributed by atoms with Gasteiger partial charge in [0.2, 0.25) is 0 Å². The van der Waals surface area contributed by atoms with Crippen LogP contribution < -0.4 is 29.8 Å². The fourth-order valence-electron chi connectivity index (χ4n) is 7.05. The van der Waals surface area contributed by atoms with E-state index in [0.29, 0.717) is 12.1 Å². The predicted octanol–water partition coefficient (Wildman–Crippen LogP) is 8.84. The van der Waals surface area contributed by atoms with Crippen LogP contribution in [0.25, 0.3) is 0 Å². The zero-order valence-corrected chi connectivity index (χ0v) is 36.9. The van der Waals surface area contributed by atoms with Gasteiger partial charge in [0.25, 0.3) is 0 Å². The maximum atomic E-state index is 4.61. The summed E-state index contributed by atoms with van der Waals surface area (Å²) < 4.78 is 0. The maximum absolute atomic E-state index is 4.61. The van der Waals surface area contributed by atoms with Crippen molar-refractivity contribution in [3.05, 3.63) is 146 Å². The van der Waals surface area contributed by atoms with Crippen molar-refractivity contribution >= 4 is 34.4 Å². The molecule has 2 aromatic carbocycles. The van der Waals surface area contributed by atoms with Gasteiger partial charge in [0.05, 0.1) is 0 Å². The van der Waals surface area contributed by atoms with E-state index in [1.54, 1.807) is 0 Å². The van der Waals surface area contributed by atoms with E-state index in [1.165, 1.54) is 0 Å². The van der Waals surface area contributed by atoms with Crippen molar-refractivity contribution in [3.8, 4) is 0 Å². The van der Waals surface area contributed by atoms with Crippen LogP contribution in [0, 0.1) is 39.3 Å². The van der Waals surface area contributed by atoms with E-state index in [0.717, 1.165) is 109 Å². The summed E-state index contributed by atoms with van der Waals surface area (Å²) in [5.41, 5.74) is 8.55. The van der Waals surface area contributed by atoms with E-state index in [4.69, 9.17) is 0 Å². The van der Waals surface area contributed by atoms with Gasteiger partial charge in [0.1, 0.15) is 11.6 Å². The molecule has 300 valence electrons. The number of pyridine rings is 2. The number of aryl methyl sites for hydroxylation is 4. The van der Waals surface area contributed by atoms with Crippen LogP contribution in [0.2, 0.25) is 0 Å². The molecule has 0 aliphatic carbocycles. The minimum Gasteiger partial charge on any atom is -0.579 e. The van der Waals surface area contributed by atoms with Crippen LogP contribution >= 0.6 is 0 Å². The Kier molecular flexibility index (Phi) is 15.9. The summed E-state index contributed by atoms with van der Waals surface area (Å²) in [5, 5.41) is 16.6. The first kappa shape index (κ1) is 42.9. The topological polar surface area (TPSA) is 92.7 Å². The Morgan fingerprint density at radius 2 is 1.05 bits per heavy atom. The summed E-state index contributed by atoms with van der Waals surface area (Å²) in [7, 11) is 0. The standard InChI is InChI=1S/2C22H24N5.2Pt/c2*1-17-15-19(25-24-17)10-7-6-9-18(2)26-16-27(20-11-4-3-5-12-20)22-21(26)13-8-14-23-22;;/h2*3-5,8,11,13-16,18H,6-7,9-10H2,1-2H3;;/q2*-3;;. The number of aromatic nitrogens is 6.